The van der Waals surface area contributed by atoms with Crippen LogP contribution in [0.15, 0.2) is 24.8 Å². The van der Waals surface area contributed by atoms with Gasteiger partial charge in [-0.15, -0.1) is 0 Å². The third kappa shape index (κ3) is 6.06. The number of rotatable bonds is 4. The summed E-state index contributed by atoms with van der Waals surface area (Å²) >= 11 is 0. The van der Waals surface area contributed by atoms with Crippen LogP contribution < -0.4 is 10.2 Å². The second-order valence-electron chi connectivity index (χ2n) is 10.3. The van der Waals surface area contributed by atoms with E-state index in [-0.39, 0.29) is 21.1 Å². The van der Waals surface area contributed by atoms with E-state index in [4.69, 9.17) is 0 Å². The second-order valence-corrected chi connectivity index (χ2v) is 10.3. The van der Waals surface area contributed by atoms with E-state index >= 15 is 0 Å². The second kappa shape index (κ2) is 12.2. The first-order valence-electron chi connectivity index (χ1n) is 13.2. The zero-order valence-electron chi connectivity index (χ0n) is 22.0. The van der Waals surface area contributed by atoms with E-state index in [0.29, 0.717) is 11.8 Å². The van der Waals surface area contributed by atoms with Gasteiger partial charge < -0.3 is 20.4 Å². The van der Waals surface area contributed by atoms with Gasteiger partial charge in [0.1, 0.15) is 12.7 Å². The average molecular weight is 678 g/mol. The maximum absolute atomic E-state index is 4.36. The van der Waals surface area contributed by atoms with Crippen LogP contribution in [-0.4, -0.2) is 30.1 Å². The molecule has 0 atom stereocenters. The molecule has 0 bridgehead atoms. The zero-order valence-corrected chi connectivity index (χ0v) is 24.3. The number of nitrogens with zero attached hydrogens (tertiary/aromatic N) is 8. The molecule has 196 valence electrons. The summed E-state index contributed by atoms with van der Waals surface area (Å²) < 4.78 is 0. The summed E-state index contributed by atoms with van der Waals surface area (Å²) in [5.41, 5.74) is 10.8. The molecular formula is C28H34N8Pt. The SMILES string of the molecule is CC(C)c1cc(-c2[n-]nc3c2CCCC3)ncn1.CC(C)c1cc(-c2[n-]nc3c2CCCC3)ncn1.[Pt+2]. The first-order valence-corrected chi connectivity index (χ1v) is 13.2. The molecule has 4 heterocycles. The summed E-state index contributed by atoms with van der Waals surface area (Å²) in [7, 11) is 0. The largest absolute Gasteiger partial charge is 2.00 e. The van der Waals surface area contributed by atoms with Gasteiger partial charge in [0.15, 0.2) is 0 Å². The molecule has 2 aliphatic rings. The third-order valence-corrected chi connectivity index (χ3v) is 7.04. The Labute approximate surface area is 233 Å². The minimum atomic E-state index is 0. The van der Waals surface area contributed by atoms with Crippen LogP contribution in [0.4, 0.5) is 0 Å². The van der Waals surface area contributed by atoms with Crippen molar-refractivity contribution in [1.29, 1.82) is 0 Å². The van der Waals surface area contributed by atoms with Crippen molar-refractivity contribution in [1.82, 2.24) is 40.3 Å². The van der Waals surface area contributed by atoms with Gasteiger partial charge in [0.05, 0.1) is 11.4 Å². The van der Waals surface area contributed by atoms with E-state index in [1.807, 2.05) is 12.1 Å². The summed E-state index contributed by atoms with van der Waals surface area (Å²) in [5, 5.41) is 17.3. The van der Waals surface area contributed by atoms with Crippen LogP contribution in [-0.2, 0) is 46.7 Å². The van der Waals surface area contributed by atoms with Crippen LogP contribution in [0.1, 0.15) is 99.1 Å². The molecule has 8 nitrogen and oxygen atoms in total. The number of fused-ring (bicyclic) bond motifs is 2. The average Bonchev–Trinajstić information content (AvgIpc) is 3.54. The topological polar surface area (TPSA) is 106 Å². The molecule has 37 heavy (non-hydrogen) atoms. The molecule has 0 saturated heterocycles. The van der Waals surface area contributed by atoms with Crippen LogP contribution in [0, 0.1) is 0 Å². The zero-order chi connectivity index (χ0) is 25.1. The van der Waals surface area contributed by atoms with Crippen molar-refractivity contribution in [2.75, 3.05) is 0 Å². The number of hydrogen-bond donors (Lipinski definition) is 0. The van der Waals surface area contributed by atoms with E-state index in [2.05, 4.69) is 68.0 Å². The van der Waals surface area contributed by atoms with Crippen LogP contribution in [0.25, 0.3) is 22.8 Å². The molecule has 0 saturated carbocycles. The normalized spacial score (nSPS) is 14.4. The summed E-state index contributed by atoms with van der Waals surface area (Å²) in [6, 6.07) is 4.09. The molecule has 0 unspecified atom stereocenters. The van der Waals surface area contributed by atoms with Crippen LogP contribution in [0.5, 0.6) is 0 Å². The predicted molar refractivity (Wildman–Crippen MR) is 139 cm³/mol. The third-order valence-electron chi connectivity index (χ3n) is 7.04. The van der Waals surface area contributed by atoms with Crippen molar-refractivity contribution < 1.29 is 21.1 Å². The molecule has 4 aromatic heterocycles. The van der Waals surface area contributed by atoms with Gasteiger partial charge in [0, 0.05) is 22.8 Å². The smallest absolute Gasteiger partial charge is 0.573 e. The van der Waals surface area contributed by atoms with Crippen LogP contribution in [0.3, 0.4) is 0 Å². The fourth-order valence-electron chi connectivity index (χ4n) is 4.90. The molecule has 0 aliphatic heterocycles. The molecule has 6 rings (SSSR count). The Balaban J connectivity index is 0.000000168. The Morgan fingerprint density at radius 2 is 1.00 bits per heavy atom. The molecular weight excluding hydrogens is 643 g/mol. The van der Waals surface area contributed by atoms with E-state index in [9.17, 15) is 0 Å². The van der Waals surface area contributed by atoms with Crippen molar-refractivity contribution in [2.45, 2.75) is 90.9 Å². The van der Waals surface area contributed by atoms with Crippen LogP contribution >= 0.6 is 0 Å². The summed E-state index contributed by atoms with van der Waals surface area (Å²) in [6.45, 7) is 8.55. The van der Waals surface area contributed by atoms with Gasteiger partial charge in [-0.2, -0.15) is 0 Å². The van der Waals surface area contributed by atoms with Gasteiger partial charge in [0.2, 0.25) is 0 Å². The Bertz CT molecular complexity index is 1220. The summed E-state index contributed by atoms with van der Waals surface area (Å²) in [6.07, 6.45) is 12.5. The van der Waals surface area contributed by atoms with Crippen molar-refractivity contribution >= 4 is 0 Å². The minimum absolute atomic E-state index is 0. The van der Waals surface area contributed by atoms with E-state index < -0.39 is 0 Å². The quantitative estimate of drug-likeness (QED) is 0.298. The van der Waals surface area contributed by atoms with E-state index in [1.54, 1.807) is 12.7 Å². The van der Waals surface area contributed by atoms with Gasteiger partial charge in [-0.05, 0) is 86.5 Å². The molecule has 4 aromatic rings. The van der Waals surface area contributed by atoms with Gasteiger partial charge in [-0.25, -0.2) is 19.9 Å². The summed E-state index contributed by atoms with van der Waals surface area (Å²) in [4.78, 5) is 17.3. The Morgan fingerprint density at radius 3 is 1.41 bits per heavy atom. The van der Waals surface area contributed by atoms with Crippen molar-refractivity contribution in [3.8, 4) is 22.8 Å². The molecule has 0 radical (unpaired) electrons. The fourth-order valence-corrected chi connectivity index (χ4v) is 4.90. The Morgan fingerprint density at radius 1 is 0.595 bits per heavy atom. The minimum Gasteiger partial charge on any atom is -0.573 e. The van der Waals surface area contributed by atoms with E-state index in [1.165, 1.54) is 48.2 Å². The molecule has 0 spiro atoms. The molecule has 9 heteroatoms. The monoisotopic (exact) mass is 677 g/mol. The van der Waals surface area contributed by atoms with Gasteiger partial charge in [-0.3, -0.25) is 0 Å². The van der Waals surface area contributed by atoms with Gasteiger partial charge >= 0.3 is 21.1 Å². The number of aromatic nitrogens is 8. The number of hydrogen-bond acceptors (Lipinski definition) is 6. The maximum atomic E-state index is 4.36. The van der Waals surface area contributed by atoms with Crippen molar-refractivity contribution in [2.24, 2.45) is 0 Å². The molecule has 0 N–H and O–H groups in total. The standard InChI is InChI=1S/2C14H17N4.Pt/c2*1-9(2)12-7-13(16-8-15-12)14-10-5-3-4-6-11(10)17-18-14;/h2*7-9H,3-6H2,1-2H3;/q2*-1;+2. The molecule has 0 amide bonds. The molecule has 0 fully saturated rings. The van der Waals surface area contributed by atoms with Gasteiger partial charge in [0.25, 0.3) is 0 Å². The summed E-state index contributed by atoms with van der Waals surface area (Å²) in [5.74, 6) is 0.816. The Hall–Kier alpha value is -2.73. The first kappa shape index (κ1) is 27.3. The van der Waals surface area contributed by atoms with E-state index in [0.717, 1.165) is 59.8 Å². The number of aryl methyl sites for hydroxylation is 2. The first-order chi connectivity index (χ1) is 17.5. The van der Waals surface area contributed by atoms with Crippen molar-refractivity contribution in [3.63, 3.8) is 0 Å². The predicted octanol–water partition coefficient (Wildman–Crippen LogP) is 4.99. The van der Waals surface area contributed by atoms with Gasteiger partial charge in [-0.1, -0.05) is 39.1 Å². The van der Waals surface area contributed by atoms with Crippen LogP contribution in [0.2, 0.25) is 0 Å². The molecule has 2 aliphatic carbocycles. The molecule has 0 aromatic carbocycles. The Kier molecular flexibility index (Phi) is 9.01. The maximum Gasteiger partial charge on any atom is 2.00 e. The fraction of sp³-hybridized carbons (Fsp3) is 0.500. The van der Waals surface area contributed by atoms with Crippen molar-refractivity contribution in [3.05, 3.63) is 58.7 Å².